The number of fused-ring (bicyclic) bond motifs is 1. The maximum absolute atomic E-state index is 13.1. The van der Waals surface area contributed by atoms with Gasteiger partial charge in [0, 0.05) is 11.8 Å². The van der Waals surface area contributed by atoms with Crippen molar-refractivity contribution in [3.8, 4) is 5.75 Å². The van der Waals surface area contributed by atoms with Crippen LogP contribution < -0.4 is 10.1 Å². The summed E-state index contributed by atoms with van der Waals surface area (Å²) < 4.78 is 19.3. The van der Waals surface area contributed by atoms with Gasteiger partial charge in [0.15, 0.2) is 5.13 Å². The van der Waals surface area contributed by atoms with Crippen molar-refractivity contribution >= 4 is 32.4 Å². The fourth-order valence-electron chi connectivity index (χ4n) is 2.03. The van der Waals surface area contributed by atoms with E-state index in [1.165, 1.54) is 23.5 Å². The number of aromatic nitrogens is 1. The zero-order chi connectivity index (χ0) is 14.1. The van der Waals surface area contributed by atoms with Gasteiger partial charge < -0.3 is 10.1 Å². The number of hydrogen-bond donors (Lipinski definition) is 1. The lowest BCUT2D eigenvalue weighted by molar-refractivity contribution is 0.412. The molecule has 0 aliphatic rings. The highest BCUT2D eigenvalue weighted by atomic mass is 32.1. The molecule has 2 aromatic carbocycles. The van der Waals surface area contributed by atoms with Crippen molar-refractivity contribution in [3.05, 3.63) is 47.8 Å². The Labute approximate surface area is 120 Å². The summed E-state index contributed by atoms with van der Waals surface area (Å²) in [4.78, 5) is 4.38. The monoisotopic (exact) mass is 288 g/mol. The van der Waals surface area contributed by atoms with Crippen molar-refractivity contribution in [2.45, 2.75) is 6.92 Å². The molecular weight excluding hydrogens is 275 g/mol. The predicted octanol–water partition coefficient (Wildman–Crippen LogP) is 4.50. The molecule has 1 heterocycles. The molecule has 0 unspecified atom stereocenters. The van der Waals surface area contributed by atoms with Crippen LogP contribution in [0.3, 0.4) is 0 Å². The van der Waals surface area contributed by atoms with Crippen LogP contribution >= 0.6 is 11.3 Å². The number of ether oxygens (including phenoxy) is 1. The largest absolute Gasteiger partial charge is 0.496 e. The zero-order valence-electron chi connectivity index (χ0n) is 11.1. The summed E-state index contributed by atoms with van der Waals surface area (Å²) >= 11 is 1.50. The number of thiazole rings is 1. The minimum Gasteiger partial charge on any atom is -0.496 e. The smallest absolute Gasteiger partial charge is 0.188 e. The third-order valence-corrected chi connectivity index (χ3v) is 3.95. The first-order chi connectivity index (χ1) is 9.65. The van der Waals surface area contributed by atoms with E-state index in [0.29, 0.717) is 5.52 Å². The second-order valence-electron chi connectivity index (χ2n) is 4.44. The van der Waals surface area contributed by atoms with Gasteiger partial charge in [-0.3, -0.25) is 0 Å². The Morgan fingerprint density at radius 3 is 2.80 bits per heavy atom. The van der Waals surface area contributed by atoms with Crippen molar-refractivity contribution in [3.63, 3.8) is 0 Å². The maximum Gasteiger partial charge on any atom is 0.188 e. The molecule has 3 nitrogen and oxygen atoms in total. The Balaban J connectivity index is 1.90. The number of halogens is 1. The number of nitrogens with zero attached hydrogens (tertiary/aromatic N) is 1. The van der Waals surface area contributed by atoms with E-state index in [1.54, 1.807) is 13.2 Å². The van der Waals surface area contributed by atoms with Gasteiger partial charge in [0.2, 0.25) is 0 Å². The third-order valence-electron chi connectivity index (χ3n) is 3.00. The van der Waals surface area contributed by atoms with Gasteiger partial charge in [0.1, 0.15) is 11.6 Å². The second-order valence-corrected chi connectivity index (χ2v) is 5.47. The van der Waals surface area contributed by atoms with E-state index in [-0.39, 0.29) is 5.82 Å². The number of methoxy groups -OCH3 is 1. The van der Waals surface area contributed by atoms with Gasteiger partial charge in [0.05, 0.1) is 17.3 Å². The number of aryl methyl sites for hydroxylation is 1. The van der Waals surface area contributed by atoms with Crippen LogP contribution in [0.4, 0.5) is 15.2 Å². The molecule has 0 saturated heterocycles. The predicted molar refractivity (Wildman–Crippen MR) is 80.6 cm³/mol. The van der Waals surface area contributed by atoms with Crippen LogP contribution in [0.2, 0.25) is 0 Å². The molecule has 3 rings (SSSR count). The van der Waals surface area contributed by atoms with Gasteiger partial charge in [-0.05, 0) is 42.8 Å². The van der Waals surface area contributed by atoms with Crippen LogP contribution in [0.15, 0.2) is 36.4 Å². The number of rotatable bonds is 3. The van der Waals surface area contributed by atoms with E-state index in [1.807, 2.05) is 25.1 Å². The molecule has 0 amide bonds. The summed E-state index contributed by atoms with van der Waals surface area (Å²) in [5, 5.41) is 3.98. The normalized spacial score (nSPS) is 10.8. The molecule has 102 valence electrons. The van der Waals surface area contributed by atoms with E-state index >= 15 is 0 Å². The molecule has 0 fully saturated rings. The number of nitrogens with one attached hydrogen (secondary N) is 1. The van der Waals surface area contributed by atoms with Crippen LogP contribution in [0.5, 0.6) is 5.75 Å². The molecular formula is C15H13FN2OS. The van der Waals surface area contributed by atoms with Gasteiger partial charge >= 0.3 is 0 Å². The van der Waals surface area contributed by atoms with Gasteiger partial charge in [-0.2, -0.15) is 0 Å². The van der Waals surface area contributed by atoms with Crippen LogP contribution in [0.25, 0.3) is 10.2 Å². The van der Waals surface area contributed by atoms with Crippen LogP contribution in [-0.2, 0) is 0 Å². The highest BCUT2D eigenvalue weighted by Gasteiger charge is 2.06. The minimum atomic E-state index is -0.269. The molecule has 3 aromatic rings. The number of benzene rings is 2. The zero-order valence-corrected chi connectivity index (χ0v) is 11.9. The Bertz CT molecular complexity index is 770. The third kappa shape index (κ3) is 2.44. The van der Waals surface area contributed by atoms with Crippen molar-refractivity contribution in [1.82, 2.24) is 4.98 Å². The van der Waals surface area contributed by atoms with E-state index in [2.05, 4.69) is 10.3 Å². The molecule has 1 N–H and O–H groups in total. The summed E-state index contributed by atoms with van der Waals surface area (Å²) in [6, 6.07) is 10.5. The average Bonchev–Trinajstić information content (AvgIpc) is 2.80. The fraction of sp³-hybridized carbons (Fsp3) is 0.133. The summed E-state index contributed by atoms with van der Waals surface area (Å²) in [7, 11) is 1.65. The Hall–Kier alpha value is -2.14. The first-order valence-electron chi connectivity index (χ1n) is 6.13. The highest BCUT2D eigenvalue weighted by Crippen LogP contribution is 2.30. The van der Waals surface area contributed by atoms with E-state index in [0.717, 1.165) is 26.8 Å². The minimum absolute atomic E-state index is 0.269. The Morgan fingerprint density at radius 2 is 2.05 bits per heavy atom. The lowest BCUT2D eigenvalue weighted by Crippen LogP contribution is -1.92. The SMILES string of the molecule is COc1ccc(Nc2nc3cc(F)ccc3s2)cc1C. The molecule has 20 heavy (non-hydrogen) atoms. The lowest BCUT2D eigenvalue weighted by Gasteiger charge is -2.07. The number of hydrogen-bond acceptors (Lipinski definition) is 4. The molecule has 0 aliphatic carbocycles. The first-order valence-corrected chi connectivity index (χ1v) is 6.95. The van der Waals surface area contributed by atoms with E-state index < -0.39 is 0 Å². The van der Waals surface area contributed by atoms with Gasteiger partial charge in [-0.1, -0.05) is 11.3 Å². The van der Waals surface area contributed by atoms with E-state index in [4.69, 9.17) is 4.74 Å². The highest BCUT2D eigenvalue weighted by molar-refractivity contribution is 7.22. The van der Waals surface area contributed by atoms with Crippen molar-refractivity contribution in [1.29, 1.82) is 0 Å². The quantitative estimate of drug-likeness (QED) is 0.770. The maximum atomic E-state index is 13.1. The average molecular weight is 288 g/mol. The van der Waals surface area contributed by atoms with Gasteiger partial charge in [-0.15, -0.1) is 0 Å². The van der Waals surface area contributed by atoms with Crippen molar-refractivity contribution in [2.75, 3.05) is 12.4 Å². The molecule has 5 heteroatoms. The van der Waals surface area contributed by atoms with Crippen LogP contribution in [-0.4, -0.2) is 12.1 Å². The standard InChI is InChI=1S/C15H13FN2OS/c1-9-7-11(4-5-13(9)19-2)17-15-18-12-8-10(16)3-6-14(12)20-15/h3-8H,1-2H3,(H,17,18). The first kappa shape index (κ1) is 12.9. The van der Waals surface area contributed by atoms with Crippen LogP contribution in [0.1, 0.15) is 5.56 Å². The Kier molecular flexibility index (Phi) is 3.28. The second kappa shape index (κ2) is 5.09. The number of anilines is 2. The van der Waals surface area contributed by atoms with Crippen LogP contribution in [0, 0.1) is 12.7 Å². The summed E-state index contributed by atoms with van der Waals surface area (Å²) in [5.74, 6) is 0.580. The fourth-order valence-corrected chi connectivity index (χ4v) is 2.90. The van der Waals surface area contributed by atoms with Gasteiger partial charge in [-0.25, -0.2) is 9.37 Å². The molecule has 0 radical (unpaired) electrons. The molecule has 0 aliphatic heterocycles. The molecule has 0 spiro atoms. The lowest BCUT2D eigenvalue weighted by atomic mass is 10.2. The van der Waals surface area contributed by atoms with Gasteiger partial charge in [0.25, 0.3) is 0 Å². The summed E-state index contributed by atoms with van der Waals surface area (Å²) in [6.45, 7) is 1.98. The summed E-state index contributed by atoms with van der Waals surface area (Å²) in [5.41, 5.74) is 2.65. The Morgan fingerprint density at radius 1 is 1.20 bits per heavy atom. The molecule has 1 aromatic heterocycles. The topological polar surface area (TPSA) is 34.1 Å². The molecule has 0 atom stereocenters. The van der Waals surface area contributed by atoms with E-state index in [9.17, 15) is 4.39 Å². The molecule has 0 saturated carbocycles. The van der Waals surface area contributed by atoms with Crippen molar-refractivity contribution in [2.24, 2.45) is 0 Å². The van der Waals surface area contributed by atoms with Crippen molar-refractivity contribution < 1.29 is 9.13 Å². The summed E-state index contributed by atoms with van der Waals surface area (Å²) in [6.07, 6.45) is 0. The molecule has 0 bridgehead atoms.